The second kappa shape index (κ2) is 6.51. The van der Waals surface area contributed by atoms with E-state index in [9.17, 15) is 4.79 Å². The first-order valence-corrected chi connectivity index (χ1v) is 8.56. The van der Waals surface area contributed by atoms with Gasteiger partial charge in [-0.25, -0.2) is 4.68 Å². The van der Waals surface area contributed by atoms with Gasteiger partial charge in [0.2, 0.25) is 0 Å². The highest BCUT2D eigenvalue weighted by Crippen LogP contribution is 2.41. The molecule has 0 radical (unpaired) electrons. The minimum absolute atomic E-state index is 0.168. The lowest BCUT2D eigenvalue weighted by Gasteiger charge is -2.07. The predicted octanol–water partition coefficient (Wildman–Crippen LogP) is 3.38. The maximum Gasteiger partial charge on any atom is 0.272 e. The Kier molecular flexibility index (Phi) is 4.06. The van der Waals surface area contributed by atoms with Crippen LogP contribution in [0.2, 0.25) is 0 Å². The van der Waals surface area contributed by atoms with Crippen LogP contribution in [0.1, 0.15) is 46.2 Å². The zero-order valence-electron chi connectivity index (χ0n) is 14.1. The predicted molar refractivity (Wildman–Crippen MR) is 95.7 cm³/mol. The van der Waals surface area contributed by atoms with Crippen LogP contribution < -0.4 is 5.32 Å². The number of nitrogens with zero attached hydrogens (tertiary/aromatic N) is 3. The third-order valence-electron chi connectivity index (χ3n) is 4.37. The molecule has 0 saturated heterocycles. The fraction of sp³-hybridized carbons (Fsp3) is 0.250. The van der Waals surface area contributed by atoms with E-state index < -0.39 is 0 Å². The summed E-state index contributed by atoms with van der Waals surface area (Å²) >= 11 is 0. The van der Waals surface area contributed by atoms with Gasteiger partial charge in [0.25, 0.3) is 5.91 Å². The molecule has 4 rings (SSSR count). The number of nitrogens with one attached hydrogen (secondary N) is 1. The molecule has 0 atom stereocenters. The number of benzene rings is 1. The minimum Gasteiger partial charge on any atom is -0.345 e. The maximum atomic E-state index is 12.5. The summed E-state index contributed by atoms with van der Waals surface area (Å²) in [6, 6.07) is 15.8. The molecule has 0 bridgehead atoms. The molecule has 0 unspecified atom stereocenters. The Morgan fingerprint density at radius 2 is 2.08 bits per heavy atom. The molecule has 3 aromatic rings. The third kappa shape index (κ3) is 3.45. The van der Waals surface area contributed by atoms with Crippen molar-refractivity contribution in [1.82, 2.24) is 20.1 Å². The number of aryl methyl sites for hydroxylation is 1. The van der Waals surface area contributed by atoms with Crippen LogP contribution in [0.5, 0.6) is 0 Å². The van der Waals surface area contributed by atoms with Crippen molar-refractivity contribution in [3.05, 3.63) is 77.4 Å². The molecular formula is C20H20N4O. The fourth-order valence-electron chi connectivity index (χ4n) is 2.91. The van der Waals surface area contributed by atoms with Crippen LogP contribution in [-0.4, -0.2) is 20.7 Å². The molecule has 1 fully saturated rings. The zero-order chi connectivity index (χ0) is 17.2. The van der Waals surface area contributed by atoms with Gasteiger partial charge < -0.3 is 5.32 Å². The van der Waals surface area contributed by atoms with Crippen molar-refractivity contribution in [2.24, 2.45) is 0 Å². The third-order valence-corrected chi connectivity index (χ3v) is 4.37. The SMILES string of the molecule is Cc1cccc(-n2nc(C(=O)NCc3ccccn3)cc2C2CC2)c1. The second-order valence-electron chi connectivity index (χ2n) is 6.48. The van der Waals surface area contributed by atoms with Crippen molar-refractivity contribution in [3.8, 4) is 5.69 Å². The first kappa shape index (κ1) is 15.6. The van der Waals surface area contributed by atoms with E-state index in [1.807, 2.05) is 41.1 Å². The van der Waals surface area contributed by atoms with Crippen LogP contribution in [0.3, 0.4) is 0 Å². The highest BCUT2D eigenvalue weighted by atomic mass is 16.1. The Morgan fingerprint density at radius 1 is 1.20 bits per heavy atom. The van der Waals surface area contributed by atoms with Crippen LogP contribution in [0.25, 0.3) is 5.69 Å². The van der Waals surface area contributed by atoms with Crippen LogP contribution in [0.15, 0.2) is 54.7 Å². The minimum atomic E-state index is -0.168. The Hall–Kier alpha value is -2.95. The lowest BCUT2D eigenvalue weighted by atomic mass is 10.2. The summed E-state index contributed by atoms with van der Waals surface area (Å²) < 4.78 is 1.92. The summed E-state index contributed by atoms with van der Waals surface area (Å²) in [7, 11) is 0. The molecule has 1 N–H and O–H groups in total. The van der Waals surface area contributed by atoms with Gasteiger partial charge in [-0.2, -0.15) is 5.10 Å². The van der Waals surface area contributed by atoms with Crippen molar-refractivity contribution in [1.29, 1.82) is 0 Å². The molecule has 2 aromatic heterocycles. The Bertz CT molecular complexity index is 897. The van der Waals surface area contributed by atoms with E-state index >= 15 is 0 Å². The molecule has 1 saturated carbocycles. The topological polar surface area (TPSA) is 59.8 Å². The number of carbonyl (C=O) groups excluding carboxylic acids is 1. The lowest BCUT2D eigenvalue weighted by Crippen LogP contribution is -2.23. The quantitative estimate of drug-likeness (QED) is 0.779. The Balaban J connectivity index is 1.58. The summed E-state index contributed by atoms with van der Waals surface area (Å²) in [5.74, 6) is 0.337. The molecule has 25 heavy (non-hydrogen) atoms. The van der Waals surface area contributed by atoms with Crippen molar-refractivity contribution in [2.45, 2.75) is 32.2 Å². The first-order valence-electron chi connectivity index (χ1n) is 8.56. The lowest BCUT2D eigenvalue weighted by molar-refractivity contribution is 0.0945. The van der Waals surface area contributed by atoms with Crippen LogP contribution in [0, 0.1) is 6.92 Å². The second-order valence-corrected chi connectivity index (χ2v) is 6.48. The molecule has 1 aromatic carbocycles. The van der Waals surface area contributed by atoms with E-state index in [0.29, 0.717) is 18.2 Å². The number of hydrogen-bond donors (Lipinski definition) is 1. The molecule has 1 aliphatic carbocycles. The standard InChI is InChI=1S/C20H20N4O/c1-14-5-4-7-17(11-14)24-19(15-8-9-15)12-18(23-24)20(25)22-13-16-6-2-3-10-21-16/h2-7,10-12,15H,8-9,13H2,1H3,(H,22,25). The Morgan fingerprint density at radius 3 is 2.80 bits per heavy atom. The van der Waals surface area contributed by atoms with Crippen molar-refractivity contribution in [2.75, 3.05) is 0 Å². The van der Waals surface area contributed by atoms with Crippen LogP contribution in [-0.2, 0) is 6.54 Å². The van der Waals surface area contributed by atoms with Gasteiger partial charge in [-0.1, -0.05) is 18.2 Å². The fourth-order valence-corrected chi connectivity index (χ4v) is 2.91. The van der Waals surface area contributed by atoms with Crippen molar-refractivity contribution < 1.29 is 4.79 Å². The average molecular weight is 332 g/mol. The molecule has 5 heteroatoms. The van der Waals surface area contributed by atoms with E-state index in [2.05, 4.69) is 34.5 Å². The van der Waals surface area contributed by atoms with Gasteiger partial charge in [-0.3, -0.25) is 9.78 Å². The highest BCUT2D eigenvalue weighted by molar-refractivity contribution is 5.92. The van der Waals surface area contributed by atoms with Crippen LogP contribution >= 0.6 is 0 Å². The largest absolute Gasteiger partial charge is 0.345 e. The first-order chi connectivity index (χ1) is 12.2. The maximum absolute atomic E-state index is 12.5. The van der Waals surface area contributed by atoms with Crippen molar-refractivity contribution in [3.63, 3.8) is 0 Å². The smallest absolute Gasteiger partial charge is 0.272 e. The van der Waals surface area contributed by atoms with Gasteiger partial charge in [-0.15, -0.1) is 0 Å². The van der Waals surface area contributed by atoms with Gasteiger partial charge in [-0.05, 0) is 55.7 Å². The molecule has 1 aliphatic rings. The normalized spacial score (nSPS) is 13.6. The molecule has 0 spiro atoms. The summed E-state index contributed by atoms with van der Waals surface area (Å²) in [5, 5.41) is 7.48. The molecule has 5 nitrogen and oxygen atoms in total. The number of amides is 1. The van der Waals surface area contributed by atoms with Crippen LogP contribution in [0.4, 0.5) is 0 Å². The van der Waals surface area contributed by atoms with E-state index in [4.69, 9.17) is 0 Å². The zero-order valence-corrected chi connectivity index (χ0v) is 14.1. The molecule has 0 aliphatic heterocycles. The highest BCUT2D eigenvalue weighted by Gasteiger charge is 2.29. The van der Waals surface area contributed by atoms with Gasteiger partial charge in [0.15, 0.2) is 5.69 Å². The molecule has 126 valence electrons. The van der Waals surface area contributed by atoms with E-state index in [0.717, 1.165) is 29.9 Å². The number of carbonyl (C=O) groups is 1. The number of hydrogen-bond acceptors (Lipinski definition) is 3. The van der Waals surface area contributed by atoms with Crippen molar-refractivity contribution >= 4 is 5.91 Å². The van der Waals surface area contributed by atoms with Gasteiger partial charge >= 0.3 is 0 Å². The van der Waals surface area contributed by atoms with Gasteiger partial charge in [0.1, 0.15) is 0 Å². The summed E-state index contributed by atoms with van der Waals surface area (Å²) in [6.07, 6.45) is 4.04. The Labute approximate surface area is 146 Å². The van der Waals surface area contributed by atoms with Gasteiger partial charge in [0, 0.05) is 17.8 Å². The number of aromatic nitrogens is 3. The monoisotopic (exact) mass is 332 g/mol. The summed E-state index contributed by atoms with van der Waals surface area (Å²) in [5.41, 5.74) is 4.59. The summed E-state index contributed by atoms with van der Waals surface area (Å²) in [6.45, 7) is 2.46. The number of rotatable bonds is 5. The molecule has 2 heterocycles. The summed E-state index contributed by atoms with van der Waals surface area (Å²) in [4.78, 5) is 16.7. The number of pyridine rings is 1. The average Bonchev–Trinajstić information content (AvgIpc) is 3.39. The van der Waals surface area contributed by atoms with E-state index in [1.54, 1.807) is 6.20 Å². The van der Waals surface area contributed by atoms with Gasteiger partial charge in [0.05, 0.1) is 17.9 Å². The van der Waals surface area contributed by atoms with E-state index in [1.165, 1.54) is 5.56 Å². The van der Waals surface area contributed by atoms with E-state index in [-0.39, 0.29) is 5.91 Å². The molecule has 1 amide bonds. The molecular weight excluding hydrogens is 312 g/mol.